The van der Waals surface area contributed by atoms with Gasteiger partial charge >= 0.3 is 0 Å². The molecule has 3 rings (SSSR count). The normalized spacial score (nSPS) is 12.7. The number of pyridine rings is 1. The summed E-state index contributed by atoms with van der Waals surface area (Å²) in [6.45, 7) is 2.06. The molecule has 2 aromatic carbocycles. The van der Waals surface area contributed by atoms with E-state index >= 15 is 0 Å². The summed E-state index contributed by atoms with van der Waals surface area (Å²) in [6, 6.07) is 16.1. The van der Waals surface area contributed by atoms with Crippen molar-refractivity contribution in [3.8, 4) is 0 Å². The van der Waals surface area contributed by atoms with Crippen molar-refractivity contribution in [2.24, 2.45) is 0 Å². The Hall–Kier alpha value is -2.13. The first-order valence-corrected chi connectivity index (χ1v) is 6.44. The standard InChI is InChI=1S/C16H16N2O/c1-11(10-19)17-16-12-6-2-4-8-14(12)18-15-9-5-3-7-13(15)16/h2-9,11,19H,10H2,1H3,(H,17,18)/t11-/m0/s1. The number of hydrogen-bond acceptors (Lipinski definition) is 3. The molecule has 19 heavy (non-hydrogen) atoms. The van der Waals surface area contributed by atoms with Crippen molar-refractivity contribution in [1.82, 2.24) is 4.98 Å². The monoisotopic (exact) mass is 252 g/mol. The van der Waals surface area contributed by atoms with Gasteiger partial charge < -0.3 is 10.4 Å². The highest BCUT2D eigenvalue weighted by Gasteiger charge is 2.10. The van der Waals surface area contributed by atoms with Crippen LogP contribution in [0.15, 0.2) is 48.5 Å². The lowest BCUT2D eigenvalue weighted by Gasteiger charge is -2.17. The van der Waals surface area contributed by atoms with Crippen LogP contribution in [-0.4, -0.2) is 22.7 Å². The number of rotatable bonds is 3. The number of benzene rings is 2. The van der Waals surface area contributed by atoms with E-state index in [9.17, 15) is 5.11 Å². The highest BCUT2D eigenvalue weighted by molar-refractivity contribution is 6.07. The minimum absolute atomic E-state index is 0.00853. The van der Waals surface area contributed by atoms with E-state index in [2.05, 4.69) is 22.4 Å². The minimum Gasteiger partial charge on any atom is -0.394 e. The third kappa shape index (κ3) is 2.13. The van der Waals surface area contributed by atoms with Crippen LogP contribution in [0.1, 0.15) is 6.92 Å². The summed E-state index contributed by atoms with van der Waals surface area (Å²) < 4.78 is 0. The molecule has 0 aliphatic carbocycles. The van der Waals surface area contributed by atoms with Crippen molar-refractivity contribution in [3.05, 3.63) is 48.5 Å². The summed E-state index contributed by atoms with van der Waals surface area (Å²) in [5, 5.41) is 14.8. The highest BCUT2D eigenvalue weighted by Crippen LogP contribution is 2.30. The fraction of sp³-hybridized carbons (Fsp3) is 0.188. The molecule has 3 nitrogen and oxygen atoms in total. The minimum atomic E-state index is 0.00853. The van der Waals surface area contributed by atoms with Crippen molar-refractivity contribution in [2.75, 3.05) is 11.9 Å². The molecule has 0 spiro atoms. The number of aromatic nitrogens is 1. The number of nitrogens with zero attached hydrogens (tertiary/aromatic N) is 1. The lowest BCUT2D eigenvalue weighted by Crippen LogP contribution is -2.19. The largest absolute Gasteiger partial charge is 0.394 e. The van der Waals surface area contributed by atoms with Crippen molar-refractivity contribution in [3.63, 3.8) is 0 Å². The van der Waals surface area contributed by atoms with Gasteiger partial charge in [-0.1, -0.05) is 36.4 Å². The topological polar surface area (TPSA) is 45.1 Å². The zero-order valence-electron chi connectivity index (χ0n) is 10.8. The average molecular weight is 252 g/mol. The molecule has 3 aromatic rings. The van der Waals surface area contributed by atoms with Crippen molar-refractivity contribution >= 4 is 27.5 Å². The van der Waals surface area contributed by atoms with E-state index in [1.165, 1.54) is 0 Å². The summed E-state index contributed by atoms with van der Waals surface area (Å²) in [6.07, 6.45) is 0. The second kappa shape index (κ2) is 4.86. The zero-order chi connectivity index (χ0) is 13.2. The molecule has 3 heteroatoms. The number of anilines is 1. The van der Waals surface area contributed by atoms with Crippen LogP contribution < -0.4 is 5.32 Å². The van der Waals surface area contributed by atoms with Crippen LogP contribution in [-0.2, 0) is 0 Å². The number of fused-ring (bicyclic) bond motifs is 2. The number of para-hydroxylation sites is 2. The first-order valence-electron chi connectivity index (χ1n) is 6.44. The van der Waals surface area contributed by atoms with Crippen LogP contribution in [0.25, 0.3) is 21.8 Å². The first-order chi connectivity index (χ1) is 9.29. The van der Waals surface area contributed by atoms with E-state index < -0.39 is 0 Å². The molecular weight excluding hydrogens is 236 g/mol. The van der Waals surface area contributed by atoms with E-state index in [1.807, 2.05) is 43.3 Å². The summed E-state index contributed by atoms with van der Waals surface area (Å²) in [4.78, 5) is 4.67. The number of hydrogen-bond donors (Lipinski definition) is 2. The second-order valence-electron chi connectivity index (χ2n) is 4.75. The average Bonchev–Trinajstić information content (AvgIpc) is 2.46. The fourth-order valence-electron chi connectivity index (χ4n) is 2.29. The zero-order valence-corrected chi connectivity index (χ0v) is 10.8. The summed E-state index contributed by atoms with van der Waals surface area (Å²) in [5.41, 5.74) is 2.98. The van der Waals surface area contributed by atoms with E-state index in [4.69, 9.17) is 0 Å². The molecular formula is C16H16N2O. The molecule has 0 amide bonds. The number of nitrogens with one attached hydrogen (secondary N) is 1. The lowest BCUT2D eigenvalue weighted by atomic mass is 10.1. The van der Waals surface area contributed by atoms with Gasteiger partial charge in [-0.2, -0.15) is 0 Å². The van der Waals surface area contributed by atoms with Crippen LogP contribution in [0.4, 0.5) is 5.69 Å². The molecule has 0 fully saturated rings. The maximum absolute atomic E-state index is 9.26. The summed E-state index contributed by atoms with van der Waals surface area (Å²) >= 11 is 0. The van der Waals surface area contributed by atoms with E-state index in [-0.39, 0.29) is 12.6 Å². The van der Waals surface area contributed by atoms with Gasteiger partial charge in [0.15, 0.2) is 0 Å². The predicted octanol–water partition coefficient (Wildman–Crippen LogP) is 3.18. The van der Waals surface area contributed by atoms with Crippen LogP contribution in [0, 0.1) is 0 Å². The van der Waals surface area contributed by atoms with Gasteiger partial charge in [-0.3, -0.25) is 0 Å². The molecule has 0 aliphatic rings. The summed E-state index contributed by atoms with van der Waals surface area (Å²) in [7, 11) is 0. The van der Waals surface area contributed by atoms with Gasteiger partial charge in [0.25, 0.3) is 0 Å². The molecule has 0 saturated carbocycles. The van der Waals surface area contributed by atoms with Gasteiger partial charge in [0.2, 0.25) is 0 Å². The van der Waals surface area contributed by atoms with E-state index in [0.717, 1.165) is 27.5 Å². The predicted molar refractivity (Wildman–Crippen MR) is 79.4 cm³/mol. The molecule has 96 valence electrons. The van der Waals surface area contributed by atoms with Gasteiger partial charge in [-0.05, 0) is 19.1 Å². The van der Waals surface area contributed by atoms with Crippen LogP contribution in [0.2, 0.25) is 0 Å². The fourth-order valence-corrected chi connectivity index (χ4v) is 2.29. The molecule has 1 aromatic heterocycles. The molecule has 0 aliphatic heterocycles. The Balaban J connectivity index is 2.33. The molecule has 1 atom stereocenters. The smallest absolute Gasteiger partial charge is 0.0730 e. The Morgan fingerprint density at radius 1 is 1.00 bits per heavy atom. The maximum Gasteiger partial charge on any atom is 0.0730 e. The second-order valence-corrected chi connectivity index (χ2v) is 4.75. The molecule has 2 N–H and O–H groups in total. The third-order valence-corrected chi connectivity index (χ3v) is 3.25. The molecule has 0 unspecified atom stereocenters. The Morgan fingerprint density at radius 3 is 2.05 bits per heavy atom. The molecule has 0 saturated heterocycles. The molecule has 1 heterocycles. The SMILES string of the molecule is C[C@@H](CO)Nc1c2ccccc2nc2ccccc12. The van der Waals surface area contributed by atoms with E-state index in [1.54, 1.807) is 0 Å². The van der Waals surface area contributed by atoms with Crippen LogP contribution in [0.3, 0.4) is 0 Å². The molecule has 0 radical (unpaired) electrons. The van der Waals surface area contributed by atoms with E-state index in [0.29, 0.717) is 0 Å². The van der Waals surface area contributed by atoms with Gasteiger partial charge in [-0.15, -0.1) is 0 Å². The number of aliphatic hydroxyl groups excluding tert-OH is 1. The Labute approximate surface area is 111 Å². The van der Waals surface area contributed by atoms with Gasteiger partial charge in [0.1, 0.15) is 0 Å². The first kappa shape index (κ1) is 11.9. The molecule has 0 bridgehead atoms. The Bertz CT molecular complexity index is 670. The quantitative estimate of drug-likeness (QED) is 0.704. The van der Waals surface area contributed by atoms with Gasteiger partial charge in [-0.25, -0.2) is 4.98 Å². The lowest BCUT2D eigenvalue weighted by molar-refractivity contribution is 0.281. The van der Waals surface area contributed by atoms with Crippen molar-refractivity contribution in [1.29, 1.82) is 0 Å². The van der Waals surface area contributed by atoms with Crippen LogP contribution in [0.5, 0.6) is 0 Å². The van der Waals surface area contributed by atoms with Gasteiger partial charge in [0.05, 0.1) is 23.3 Å². The maximum atomic E-state index is 9.26. The Kier molecular flexibility index (Phi) is 3.05. The van der Waals surface area contributed by atoms with Crippen molar-refractivity contribution < 1.29 is 5.11 Å². The summed E-state index contributed by atoms with van der Waals surface area (Å²) in [5.74, 6) is 0. The van der Waals surface area contributed by atoms with Crippen LogP contribution >= 0.6 is 0 Å². The van der Waals surface area contributed by atoms with Crippen molar-refractivity contribution in [2.45, 2.75) is 13.0 Å². The number of aliphatic hydroxyl groups is 1. The Morgan fingerprint density at radius 2 is 1.53 bits per heavy atom. The highest BCUT2D eigenvalue weighted by atomic mass is 16.3. The van der Waals surface area contributed by atoms with Gasteiger partial charge in [0, 0.05) is 16.8 Å². The third-order valence-electron chi connectivity index (χ3n) is 3.25.